The fourth-order valence-electron chi connectivity index (χ4n) is 5.31. The first-order valence-electron chi connectivity index (χ1n) is 12.9. The second-order valence-electron chi connectivity index (χ2n) is 10.4. The standard InChI is InChI=1S/C29H38N2O4/c1-5-6-21(32)10-7-20-13-25-26(14-22(33)15-28(25)34)29(20)35-23-11-8-19(9-12-23)24-16-27(17(2)3)31-30-18(24)4/h8-9,11-12,14-15,17,20-21,24,29,32-34H,5-7,10,13,16H2,1-4H3/t20-,21+,24?,29+/m0/s1. The zero-order chi connectivity index (χ0) is 25.1. The van der Waals surface area contributed by atoms with Crippen molar-refractivity contribution in [2.24, 2.45) is 22.0 Å². The molecule has 1 heterocycles. The summed E-state index contributed by atoms with van der Waals surface area (Å²) < 4.78 is 6.49. The number of nitrogens with zero attached hydrogens (tertiary/aromatic N) is 2. The molecule has 0 saturated heterocycles. The van der Waals surface area contributed by atoms with Crippen molar-refractivity contribution in [3.63, 3.8) is 0 Å². The van der Waals surface area contributed by atoms with E-state index >= 15 is 0 Å². The van der Waals surface area contributed by atoms with Gasteiger partial charge in [0.1, 0.15) is 23.4 Å². The normalized spacial score (nSPS) is 22.5. The lowest BCUT2D eigenvalue weighted by atomic mass is 9.86. The molecule has 0 fully saturated rings. The Morgan fingerprint density at radius 3 is 2.46 bits per heavy atom. The topological polar surface area (TPSA) is 94.6 Å². The minimum Gasteiger partial charge on any atom is -0.508 e. The van der Waals surface area contributed by atoms with Crippen LogP contribution >= 0.6 is 0 Å². The third-order valence-corrected chi connectivity index (χ3v) is 7.40. The van der Waals surface area contributed by atoms with Gasteiger partial charge in [0, 0.05) is 40.5 Å². The quantitative estimate of drug-likeness (QED) is 0.395. The van der Waals surface area contributed by atoms with Crippen molar-refractivity contribution in [1.82, 2.24) is 0 Å². The number of aromatic hydroxyl groups is 2. The molecule has 188 valence electrons. The minimum absolute atomic E-state index is 0.0338. The molecule has 0 saturated carbocycles. The molecule has 1 unspecified atom stereocenters. The van der Waals surface area contributed by atoms with Crippen molar-refractivity contribution >= 4 is 11.4 Å². The minimum atomic E-state index is -0.328. The Labute approximate surface area is 208 Å². The zero-order valence-electron chi connectivity index (χ0n) is 21.2. The fraction of sp³-hybridized carbons (Fsp3) is 0.517. The van der Waals surface area contributed by atoms with Crippen LogP contribution in [0.25, 0.3) is 0 Å². The zero-order valence-corrected chi connectivity index (χ0v) is 21.2. The van der Waals surface area contributed by atoms with E-state index in [1.807, 2.05) is 19.1 Å². The summed E-state index contributed by atoms with van der Waals surface area (Å²) in [6, 6.07) is 11.3. The van der Waals surface area contributed by atoms with E-state index in [1.165, 1.54) is 11.6 Å². The molecule has 3 N–H and O–H groups in total. The third kappa shape index (κ3) is 5.69. The van der Waals surface area contributed by atoms with Gasteiger partial charge in [-0.1, -0.05) is 39.3 Å². The van der Waals surface area contributed by atoms with E-state index in [-0.39, 0.29) is 35.5 Å². The third-order valence-electron chi connectivity index (χ3n) is 7.40. The summed E-state index contributed by atoms with van der Waals surface area (Å²) in [5.41, 5.74) is 4.98. The van der Waals surface area contributed by atoms with E-state index in [0.717, 1.165) is 54.0 Å². The average molecular weight is 479 g/mol. The van der Waals surface area contributed by atoms with Crippen LogP contribution < -0.4 is 4.74 Å². The van der Waals surface area contributed by atoms with E-state index < -0.39 is 0 Å². The molecule has 0 spiro atoms. The molecule has 1 aliphatic heterocycles. The molecule has 1 aliphatic carbocycles. The van der Waals surface area contributed by atoms with Gasteiger partial charge in [-0.2, -0.15) is 10.2 Å². The molecular weight excluding hydrogens is 440 g/mol. The number of phenolic OH excluding ortho intramolecular Hbond substituents is 2. The number of benzene rings is 2. The van der Waals surface area contributed by atoms with Crippen LogP contribution in [0.4, 0.5) is 0 Å². The summed E-state index contributed by atoms with van der Waals surface area (Å²) in [6.07, 6.45) is 4.13. The Morgan fingerprint density at radius 1 is 1.03 bits per heavy atom. The first-order chi connectivity index (χ1) is 16.8. The van der Waals surface area contributed by atoms with E-state index in [4.69, 9.17) is 4.74 Å². The summed E-state index contributed by atoms with van der Waals surface area (Å²) in [6.45, 7) is 8.40. The van der Waals surface area contributed by atoms with Crippen molar-refractivity contribution in [2.75, 3.05) is 0 Å². The molecule has 2 aromatic rings. The second-order valence-corrected chi connectivity index (χ2v) is 10.4. The van der Waals surface area contributed by atoms with Gasteiger partial charge in [0.25, 0.3) is 0 Å². The molecular formula is C29H38N2O4. The number of ether oxygens (including phenoxy) is 1. The van der Waals surface area contributed by atoms with Gasteiger partial charge in [0.05, 0.1) is 6.10 Å². The number of aliphatic hydroxyl groups is 1. The lowest BCUT2D eigenvalue weighted by Crippen LogP contribution is -2.21. The average Bonchev–Trinajstić information content (AvgIpc) is 3.16. The maximum absolute atomic E-state index is 10.5. The molecule has 0 amide bonds. The lowest BCUT2D eigenvalue weighted by molar-refractivity contribution is 0.109. The van der Waals surface area contributed by atoms with Crippen LogP contribution in [0.3, 0.4) is 0 Å². The Morgan fingerprint density at radius 2 is 1.77 bits per heavy atom. The Hall–Kier alpha value is -2.86. The Balaban J connectivity index is 1.53. The largest absolute Gasteiger partial charge is 0.508 e. The highest BCUT2D eigenvalue weighted by Crippen LogP contribution is 2.46. The molecule has 0 bridgehead atoms. The second kappa shape index (κ2) is 10.8. The molecule has 0 radical (unpaired) electrons. The van der Waals surface area contributed by atoms with Crippen LogP contribution in [0.15, 0.2) is 46.6 Å². The van der Waals surface area contributed by atoms with E-state index in [9.17, 15) is 15.3 Å². The molecule has 35 heavy (non-hydrogen) atoms. The highest BCUT2D eigenvalue weighted by Gasteiger charge is 2.36. The predicted octanol–water partition coefficient (Wildman–Crippen LogP) is 6.29. The van der Waals surface area contributed by atoms with Crippen LogP contribution in [-0.2, 0) is 6.42 Å². The van der Waals surface area contributed by atoms with Crippen molar-refractivity contribution in [3.8, 4) is 17.2 Å². The van der Waals surface area contributed by atoms with Gasteiger partial charge in [0.2, 0.25) is 0 Å². The van der Waals surface area contributed by atoms with Gasteiger partial charge >= 0.3 is 0 Å². The monoisotopic (exact) mass is 478 g/mol. The highest BCUT2D eigenvalue weighted by atomic mass is 16.5. The smallest absolute Gasteiger partial charge is 0.127 e. The van der Waals surface area contributed by atoms with Gasteiger partial charge in [-0.05, 0) is 68.7 Å². The number of hydrogen-bond acceptors (Lipinski definition) is 6. The molecule has 6 nitrogen and oxygen atoms in total. The fourth-order valence-corrected chi connectivity index (χ4v) is 5.31. The van der Waals surface area contributed by atoms with Gasteiger partial charge in [0.15, 0.2) is 0 Å². The van der Waals surface area contributed by atoms with Crippen molar-refractivity contribution in [1.29, 1.82) is 0 Å². The van der Waals surface area contributed by atoms with E-state index in [2.05, 4.69) is 43.1 Å². The van der Waals surface area contributed by atoms with Gasteiger partial charge in [-0.3, -0.25) is 0 Å². The highest BCUT2D eigenvalue weighted by molar-refractivity contribution is 5.99. The van der Waals surface area contributed by atoms with E-state index in [1.54, 1.807) is 6.07 Å². The maximum Gasteiger partial charge on any atom is 0.127 e. The van der Waals surface area contributed by atoms with Crippen LogP contribution in [0.2, 0.25) is 0 Å². The lowest BCUT2D eigenvalue weighted by Gasteiger charge is -2.25. The SMILES string of the molecule is CCC[C@@H](O)CC[C@H]1Cc2c(O)cc(O)cc2[C@@H]1Oc1ccc(C2CC(C(C)C)=NN=C2C)cc1. The maximum atomic E-state index is 10.5. The first kappa shape index (κ1) is 25.2. The number of aliphatic hydroxyl groups excluding tert-OH is 1. The summed E-state index contributed by atoms with van der Waals surface area (Å²) in [7, 11) is 0. The molecule has 6 heteroatoms. The molecule has 2 aromatic carbocycles. The molecule has 4 atom stereocenters. The summed E-state index contributed by atoms with van der Waals surface area (Å²) in [5.74, 6) is 1.59. The van der Waals surface area contributed by atoms with Crippen LogP contribution in [-0.4, -0.2) is 32.8 Å². The van der Waals surface area contributed by atoms with E-state index in [0.29, 0.717) is 18.8 Å². The van der Waals surface area contributed by atoms with Crippen LogP contribution in [0.5, 0.6) is 17.2 Å². The first-order valence-corrected chi connectivity index (χ1v) is 12.9. The van der Waals surface area contributed by atoms with Gasteiger partial charge < -0.3 is 20.1 Å². The number of fused-ring (bicyclic) bond motifs is 1. The molecule has 2 aliphatic rings. The number of phenols is 2. The number of rotatable bonds is 9. The van der Waals surface area contributed by atoms with Crippen LogP contribution in [0.1, 0.15) is 88.5 Å². The predicted molar refractivity (Wildman–Crippen MR) is 140 cm³/mol. The Bertz CT molecular complexity index is 1090. The van der Waals surface area contributed by atoms with Crippen LogP contribution in [0, 0.1) is 11.8 Å². The van der Waals surface area contributed by atoms with Gasteiger partial charge in [-0.15, -0.1) is 0 Å². The summed E-state index contributed by atoms with van der Waals surface area (Å²) in [4.78, 5) is 0. The van der Waals surface area contributed by atoms with Crippen molar-refractivity contribution in [2.45, 2.75) is 84.3 Å². The summed E-state index contributed by atoms with van der Waals surface area (Å²) in [5, 5.41) is 39.6. The van der Waals surface area contributed by atoms with Crippen molar-refractivity contribution < 1.29 is 20.1 Å². The van der Waals surface area contributed by atoms with Gasteiger partial charge in [-0.25, -0.2) is 0 Å². The Kier molecular flexibility index (Phi) is 7.80. The number of hydrogen-bond donors (Lipinski definition) is 3. The van der Waals surface area contributed by atoms with Crippen molar-refractivity contribution in [3.05, 3.63) is 53.1 Å². The summed E-state index contributed by atoms with van der Waals surface area (Å²) >= 11 is 0. The molecule has 4 rings (SSSR count). The molecule has 0 aromatic heterocycles.